The van der Waals surface area contributed by atoms with E-state index in [-0.39, 0.29) is 5.91 Å². The molecule has 2 aromatic carbocycles. The van der Waals surface area contributed by atoms with E-state index in [0.717, 1.165) is 16.8 Å². The fourth-order valence-corrected chi connectivity index (χ4v) is 2.52. The molecular weight excluding hydrogens is 309 g/mol. The van der Waals surface area contributed by atoms with E-state index in [2.05, 4.69) is 5.32 Å². The van der Waals surface area contributed by atoms with Gasteiger partial charge in [-0.1, -0.05) is 29.3 Å². The molecule has 0 unspecified atom stereocenters. The summed E-state index contributed by atoms with van der Waals surface area (Å²) in [5, 5.41) is 3.77. The first-order chi connectivity index (χ1) is 10.1. The second-order valence-electron chi connectivity index (χ2n) is 4.60. The monoisotopic (exact) mass is 319 g/mol. The number of halogens is 2. The quantitative estimate of drug-likeness (QED) is 0.828. The van der Waals surface area contributed by atoms with E-state index in [1.54, 1.807) is 31.4 Å². The van der Waals surface area contributed by atoms with Gasteiger partial charge in [0, 0.05) is 17.2 Å². The van der Waals surface area contributed by atoms with Gasteiger partial charge in [0.25, 0.3) is 5.91 Å². The highest BCUT2D eigenvalue weighted by molar-refractivity contribution is 6.42. The van der Waals surface area contributed by atoms with E-state index >= 15 is 0 Å². The number of rotatable bonds is 2. The SMILES string of the molecule is COc1ccc2c(c1)NC(=O)C2=Cc1ccc(Cl)c(Cl)c1. The topological polar surface area (TPSA) is 38.3 Å². The normalized spacial score (nSPS) is 15.0. The van der Waals surface area contributed by atoms with Gasteiger partial charge in [0.1, 0.15) is 5.75 Å². The highest BCUT2D eigenvalue weighted by atomic mass is 35.5. The van der Waals surface area contributed by atoms with E-state index in [1.165, 1.54) is 0 Å². The number of carbonyl (C=O) groups is 1. The Morgan fingerprint density at radius 2 is 1.90 bits per heavy atom. The molecule has 0 spiro atoms. The third-order valence-corrected chi connectivity index (χ3v) is 4.00. The molecule has 2 aromatic rings. The molecule has 3 rings (SSSR count). The molecule has 1 heterocycles. The Bertz CT molecular complexity index is 769. The lowest BCUT2D eigenvalue weighted by atomic mass is 10.0. The zero-order chi connectivity index (χ0) is 15.0. The predicted octanol–water partition coefficient (Wildman–Crippen LogP) is 4.49. The van der Waals surface area contributed by atoms with Crippen LogP contribution < -0.4 is 10.1 Å². The first kappa shape index (κ1) is 14.0. The number of fused-ring (bicyclic) bond motifs is 1. The van der Waals surface area contributed by atoms with E-state index in [9.17, 15) is 4.79 Å². The molecule has 0 radical (unpaired) electrons. The van der Waals surface area contributed by atoms with Crippen LogP contribution in [0.5, 0.6) is 5.75 Å². The third-order valence-electron chi connectivity index (χ3n) is 3.26. The van der Waals surface area contributed by atoms with Crippen LogP contribution in [0.15, 0.2) is 36.4 Å². The molecule has 0 saturated carbocycles. The van der Waals surface area contributed by atoms with Crippen LogP contribution in [-0.2, 0) is 4.79 Å². The maximum absolute atomic E-state index is 12.1. The van der Waals surface area contributed by atoms with Crippen LogP contribution in [0, 0.1) is 0 Å². The van der Waals surface area contributed by atoms with Gasteiger partial charge in [0.15, 0.2) is 0 Å². The zero-order valence-corrected chi connectivity index (χ0v) is 12.6. The molecule has 21 heavy (non-hydrogen) atoms. The molecule has 0 aliphatic carbocycles. The van der Waals surface area contributed by atoms with E-state index in [0.29, 0.717) is 21.4 Å². The van der Waals surface area contributed by atoms with Crippen molar-refractivity contribution in [3.05, 3.63) is 57.6 Å². The maximum Gasteiger partial charge on any atom is 0.256 e. The molecule has 0 fully saturated rings. The lowest BCUT2D eigenvalue weighted by molar-refractivity contribution is -0.110. The maximum atomic E-state index is 12.1. The highest BCUT2D eigenvalue weighted by Crippen LogP contribution is 2.36. The molecule has 106 valence electrons. The van der Waals surface area contributed by atoms with Crippen LogP contribution in [0.3, 0.4) is 0 Å². The second-order valence-corrected chi connectivity index (χ2v) is 5.41. The van der Waals surface area contributed by atoms with Gasteiger partial charge in [-0.2, -0.15) is 0 Å². The number of benzene rings is 2. The third kappa shape index (κ3) is 2.62. The van der Waals surface area contributed by atoms with Crippen molar-refractivity contribution in [2.24, 2.45) is 0 Å². The summed E-state index contributed by atoms with van der Waals surface area (Å²) in [6.45, 7) is 0. The molecule has 1 N–H and O–H groups in total. The highest BCUT2D eigenvalue weighted by Gasteiger charge is 2.24. The van der Waals surface area contributed by atoms with Crippen molar-refractivity contribution in [1.29, 1.82) is 0 Å². The van der Waals surface area contributed by atoms with Crippen molar-refractivity contribution in [3.63, 3.8) is 0 Å². The molecule has 0 saturated heterocycles. The summed E-state index contributed by atoms with van der Waals surface area (Å²) >= 11 is 11.9. The van der Waals surface area contributed by atoms with Crippen molar-refractivity contribution in [3.8, 4) is 5.75 Å². The number of nitrogens with one attached hydrogen (secondary N) is 1. The number of ether oxygens (including phenoxy) is 1. The van der Waals surface area contributed by atoms with Gasteiger partial charge in [-0.25, -0.2) is 0 Å². The predicted molar refractivity (Wildman–Crippen MR) is 86.0 cm³/mol. The van der Waals surface area contributed by atoms with E-state index in [1.807, 2.05) is 18.2 Å². The Labute approximate surface area is 132 Å². The van der Waals surface area contributed by atoms with Gasteiger partial charge in [0.05, 0.1) is 22.8 Å². The Balaban J connectivity index is 2.05. The fourth-order valence-electron chi connectivity index (χ4n) is 2.21. The number of amides is 1. The summed E-state index contributed by atoms with van der Waals surface area (Å²) in [7, 11) is 1.59. The summed E-state index contributed by atoms with van der Waals surface area (Å²) in [5.74, 6) is 0.550. The molecule has 0 atom stereocenters. The Kier molecular flexibility index (Phi) is 3.62. The molecule has 1 aliphatic rings. The van der Waals surface area contributed by atoms with Crippen LogP contribution in [-0.4, -0.2) is 13.0 Å². The standard InChI is InChI=1S/C16H11Cl2NO2/c1-21-10-3-4-11-12(16(20)19-15(11)8-10)6-9-2-5-13(17)14(18)7-9/h2-8H,1H3,(H,19,20). The minimum absolute atomic E-state index is 0.149. The Hall–Kier alpha value is -1.97. The van der Waals surface area contributed by atoms with Gasteiger partial charge >= 0.3 is 0 Å². The van der Waals surface area contributed by atoms with Crippen molar-refractivity contribution in [2.75, 3.05) is 12.4 Å². The van der Waals surface area contributed by atoms with Gasteiger partial charge in [0.2, 0.25) is 0 Å². The van der Waals surface area contributed by atoms with Gasteiger partial charge in [-0.05, 0) is 35.9 Å². The number of hydrogen-bond acceptors (Lipinski definition) is 2. The van der Waals surface area contributed by atoms with Crippen LogP contribution in [0.4, 0.5) is 5.69 Å². The fraction of sp³-hybridized carbons (Fsp3) is 0.0625. The van der Waals surface area contributed by atoms with Crippen LogP contribution in [0.25, 0.3) is 11.6 Å². The second kappa shape index (κ2) is 5.43. The van der Waals surface area contributed by atoms with Crippen molar-refractivity contribution >= 4 is 46.4 Å². The van der Waals surface area contributed by atoms with Gasteiger partial charge in [-0.3, -0.25) is 4.79 Å². The first-order valence-corrected chi connectivity index (χ1v) is 7.00. The summed E-state index contributed by atoms with van der Waals surface area (Å²) < 4.78 is 5.15. The molecule has 3 nitrogen and oxygen atoms in total. The Morgan fingerprint density at radius 1 is 1.10 bits per heavy atom. The smallest absolute Gasteiger partial charge is 0.256 e. The van der Waals surface area contributed by atoms with Crippen molar-refractivity contribution in [1.82, 2.24) is 0 Å². The van der Waals surface area contributed by atoms with Gasteiger partial charge in [-0.15, -0.1) is 0 Å². The van der Waals surface area contributed by atoms with Crippen molar-refractivity contribution in [2.45, 2.75) is 0 Å². The summed E-state index contributed by atoms with van der Waals surface area (Å²) in [4.78, 5) is 12.1. The van der Waals surface area contributed by atoms with Gasteiger partial charge < -0.3 is 10.1 Å². The van der Waals surface area contributed by atoms with Crippen molar-refractivity contribution < 1.29 is 9.53 Å². The number of methoxy groups -OCH3 is 1. The average Bonchev–Trinajstić information content (AvgIpc) is 2.78. The van der Waals surface area contributed by atoms with Crippen LogP contribution in [0.1, 0.15) is 11.1 Å². The lowest BCUT2D eigenvalue weighted by Gasteiger charge is -2.03. The minimum atomic E-state index is -0.149. The van der Waals surface area contributed by atoms with E-state index < -0.39 is 0 Å². The molecule has 1 amide bonds. The Morgan fingerprint density at radius 3 is 2.62 bits per heavy atom. The number of hydrogen-bond donors (Lipinski definition) is 1. The largest absolute Gasteiger partial charge is 0.497 e. The summed E-state index contributed by atoms with van der Waals surface area (Å²) in [5.41, 5.74) is 2.99. The average molecular weight is 320 g/mol. The number of anilines is 1. The summed E-state index contributed by atoms with van der Waals surface area (Å²) in [6.07, 6.45) is 1.79. The van der Waals surface area contributed by atoms with E-state index in [4.69, 9.17) is 27.9 Å². The first-order valence-electron chi connectivity index (χ1n) is 6.25. The molecule has 5 heteroatoms. The van der Waals surface area contributed by atoms with Crippen LogP contribution >= 0.6 is 23.2 Å². The molecule has 0 aromatic heterocycles. The van der Waals surface area contributed by atoms with Crippen LogP contribution in [0.2, 0.25) is 10.0 Å². The zero-order valence-electron chi connectivity index (χ0n) is 11.1. The molecular formula is C16H11Cl2NO2. The molecule has 1 aliphatic heterocycles. The molecule has 0 bridgehead atoms. The number of carbonyl (C=O) groups excluding carboxylic acids is 1. The lowest BCUT2D eigenvalue weighted by Crippen LogP contribution is -2.03. The minimum Gasteiger partial charge on any atom is -0.497 e. The summed E-state index contributed by atoms with van der Waals surface area (Å²) in [6, 6.07) is 10.7.